The molecule has 0 fully saturated rings. The van der Waals surface area contributed by atoms with Gasteiger partial charge < -0.3 is 22.9 Å². The minimum absolute atomic E-state index is 0.432. The maximum atomic E-state index is 5.77. The maximum absolute atomic E-state index is 5.77. The van der Waals surface area contributed by atoms with Crippen molar-refractivity contribution in [2.45, 2.75) is 25.9 Å². The topological polar surface area (TPSA) is 104 Å². The van der Waals surface area contributed by atoms with Crippen molar-refractivity contribution in [3.05, 3.63) is 84.9 Å². The Bertz CT molecular complexity index is 974. The lowest BCUT2D eigenvalue weighted by molar-refractivity contribution is 1.36. The number of hydrogen-bond donors (Lipinski definition) is 4. The van der Waals surface area contributed by atoms with Crippen LogP contribution in [-0.2, 0) is 0 Å². The molecule has 0 bridgehead atoms. The zero-order chi connectivity index (χ0) is 22.6. The fourth-order valence-corrected chi connectivity index (χ4v) is 3.77. The van der Waals surface area contributed by atoms with Gasteiger partial charge in [0.15, 0.2) is 0 Å². The van der Waals surface area contributed by atoms with Gasteiger partial charge in [-0.05, 0) is 47.5 Å². The van der Waals surface area contributed by atoms with Crippen molar-refractivity contribution in [3.8, 4) is 11.1 Å². The van der Waals surface area contributed by atoms with E-state index in [0.29, 0.717) is 9.52 Å². The van der Waals surface area contributed by atoms with E-state index in [9.17, 15) is 0 Å². The number of nitrogens with two attached hydrogens (primary N) is 4. The number of nitrogen functional groups attached to an aromatic ring is 4. The van der Waals surface area contributed by atoms with Gasteiger partial charge in [0, 0.05) is 43.0 Å². The number of rotatable bonds is 3. The molecule has 0 amide bonds. The van der Waals surface area contributed by atoms with Gasteiger partial charge in [0.2, 0.25) is 0 Å². The standard InChI is InChI=1S/C12H12N2.C10H10N2.C4H12Si/c13-11-5-1-9(2-6-11)10-3-7-12(14)8-4-10;11-9-5-1-3-7-8(9)4-2-6-10(7)12;1-3-5-4-2/h1-8H,13-14H2;1-6H,11-12H2;3-5H2,1-2H3. The Balaban J connectivity index is 0.000000184. The highest BCUT2D eigenvalue weighted by Gasteiger charge is 1.98. The predicted octanol–water partition coefficient (Wildman–Crippen LogP) is 5.55. The van der Waals surface area contributed by atoms with Crippen molar-refractivity contribution in [1.82, 2.24) is 0 Å². The molecular formula is C26H34N4Si. The second-order valence-corrected chi connectivity index (χ2v) is 10.1. The predicted molar refractivity (Wildman–Crippen MR) is 143 cm³/mol. The molecule has 5 heteroatoms. The SMILES string of the molecule is CC[SiH2]CC.Nc1ccc(-c2ccc(N)cc2)cc1.Nc1cccc2c(N)cccc12. The first-order valence-electron chi connectivity index (χ1n) is 10.7. The van der Waals surface area contributed by atoms with Gasteiger partial charge in [-0.3, -0.25) is 0 Å². The van der Waals surface area contributed by atoms with Crippen molar-refractivity contribution in [2.75, 3.05) is 22.9 Å². The van der Waals surface area contributed by atoms with E-state index in [1.165, 1.54) is 12.1 Å². The first-order chi connectivity index (χ1) is 15.0. The van der Waals surface area contributed by atoms with E-state index < -0.39 is 0 Å². The van der Waals surface area contributed by atoms with Crippen LogP contribution in [0.4, 0.5) is 22.7 Å². The average molecular weight is 431 g/mol. The van der Waals surface area contributed by atoms with Gasteiger partial charge in [-0.15, -0.1) is 0 Å². The summed E-state index contributed by atoms with van der Waals surface area (Å²) in [6.07, 6.45) is 0. The average Bonchev–Trinajstić information content (AvgIpc) is 2.77. The number of fused-ring (bicyclic) bond motifs is 1. The van der Waals surface area contributed by atoms with Crippen LogP contribution in [0.15, 0.2) is 84.9 Å². The van der Waals surface area contributed by atoms with Gasteiger partial charge in [0.05, 0.1) is 0 Å². The smallest absolute Gasteiger partial charge is 0.0394 e. The van der Waals surface area contributed by atoms with Gasteiger partial charge in [-0.25, -0.2) is 0 Å². The molecule has 162 valence electrons. The highest BCUT2D eigenvalue weighted by atomic mass is 28.2. The summed E-state index contributed by atoms with van der Waals surface area (Å²) in [5.41, 5.74) is 28.2. The fourth-order valence-electron chi connectivity index (χ4n) is 3.06. The molecule has 8 N–H and O–H groups in total. The second kappa shape index (κ2) is 12.3. The highest BCUT2D eigenvalue weighted by molar-refractivity contribution is 6.34. The summed E-state index contributed by atoms with van der Waals surface area (Å²) < 4.78 is 0. The van der Waals surface area contributed by atoms with Gasteiger partial charge >= 0.3 is 0 Å². The molecule has 0 unspecified atom stereocenters. The van der Waals surface area contributed by atoms with Crippen LogP contribution in [0.3, 0.4) is 0 Å². The quantitative estimate of drug-likeness (QED) is 0.252. The van der Waals surface area contributed by atoms with Crippen LogP contribution < -0.4 is 22.9 Å². The molecular weight excluding hydrogens is 396 g/mol. The van der Waals surface area contributed by atoms with Gasteiger partial charge in [-0.1, -0.05) is 74.5 Å². The van der Waals surface area contributed by atoms with Crippen molar-refractivity contribution < 1.29 is 0 Å². The number of hydrogen-bond acceptors (Lipinski definition) is 4. The Labute approximate surface area is 188 Å². The lowest BCUT2D eigenvalue weighted by Gasteiger charge is -2.03. The van der Waals surface area contributed by atoms with Gasteiger partial charge in [0.1, 0.15) is 0 Å². The molecule has 4 rings (SSSR count). The van der Waals surface area contributed by atoms with Crippen LogP contribution in [0.2, 0.25) is 12.1 Å². The summed E-state index contributed by atoms with van der Waals surface area (Å²) in [7, 11) is 0.432. The lowest BCUT2D eigenvalue weighted by atomic mass is 10.1. The molecule has 31 heavy (non-hydrogen) atoms. The molecule has 0 atom stereocenters. The summed E-state index contributed by atoms with van der Waals surface area (Å²) in [6.45, 7) is 4.55. The van der Waals surface area contributed by atoms with E-state index in [4.69, 9.17) is 22.9 Å². The van der Waals surface area contributed by atoms with E-state index >= 15 is 0 Å². The molecule has 4 aromatic rings. The summed E-state index contributed by atoms with van der Waals surface area (Å²) >= 11 is 0. The number of benzene rings is 4. The molecule has 4 aromatic carbocycles. The molecule has 0 aliphatic carbocycles. The lowest BCUT2D eigenvalue weighted by Crippen LogP contribution is -1.90. The van der Waals surface area contributed by atoms with Crippen LogP contribution in [-0.4, -0.2) is 9.52 Å². The Kier molecular flexibility index (Phi) is 9.45. The van der Waals surface area contributed by atoms with Crippen molar-refractivity contribution >= 4 is 43.0 Å². The molecule has 0 radical (unpaired) electrons. The summed E-state index contributed by atoms with van der Waals surface area (Å²) in [5, 5.41) is 2.05. The van der Waals surface area contributed by atoms with Crippen LogP contribution >= 0.6 is 0 Å². The molecule has 0 aromatic heterocycles. The van der Waals surface area contributed by atoms with E-state index in [0.717, 1.165) is 44.6 Å². The van der Waals surface area contributed by atoms with E-state index in [2.05, 4.69) is 13.8 Å². The molecule has 0 aliphatic rings. The largest absolute Gasteiger partial charge is 0.399 e. The molecule has 0 aliphatic heterocycles. The van der Waals surface area contributed by atoms with Crippen molar-refractivity contribution in [1.29, 1.82) is 0 Å². The minimum Gasteiger partial charge on any atom is -0.399 e. The molecule has 0 saturated heterocycles. The van der Waals surface area contributed by atoms with Crippen LogP contribution in [0.1, 0.15) is 13.8 Å². The van der Waals surface area contributed by atoms with E-state index in [1.54, 1.807) is 0 Å². The zero-order valence-electron chi connectivity index (χ0n) is 18.5. The van der Waals surface area contributed by atoms with Crippen LogP contribution in [0, 0.1) is 0 Å². The van der Waals surface area contributed by atoms with Crippen molar-refractivity contribution in [2.24, 2.45) is 0 Å². The number of anilines is 4. The first kappa shape index (κ1) is 23.8. The molecule has 0 saturated carbocycles. The highest BCUT2D eigenvalue weighted by Crippen LogP contribution is 2.25. The Morgan fingerprint density at radius 3 is 1.16 bits per heavy atom. The molecule has 4 nitrogen and oxygen atoms in total. The van der Waals surface area contributed by atoms with Crippen LogP contribution in [0.25, 0.3) is 21.9 Å². The minimum atomic E-state index is 0.432. The fraction of sp³-hybridized carbons (Fsp3) is 0.154. The molecule has 0 spiro atoms. The Hall–Kier alpha value is -3.44. The first-order valence-corrected chi connectivity index (χ1v) is 12.7. The van der Waals surface area contributed by atoms with E-state index in [1.807, 2.05) is 84.9 Å². The summed E-state index contributed by atoms with van der Waals surface area (Å²) in [6, 6.07) is 30.1. The third-order valence-electron chi connectivity index (χ3n) is 4.85. The Morgan fingerprint density at radius 2 is 0.871 bits per heavy atom. The summed E-state index contributed by atoms with van der Waals surface area (Å²) in [5.74, 6) is 0. The monoisotopic (exact) mass is 430 g/mol. The maximum Gasteiger partial charge on any atom is 0.0394 e. The molecule has 0 heterocycles. The van der Waals surface area contributed by atoms with Crippen LogP contribution in [0.5, 0.6) is 0 Å². The normalized spacial score (nSPS) is 9.87. The third-order valence-corrected chi connectivity index (χ3v) is 6.27. The second-order valence-electron chi connectivity index (χ2n) is 7.39. The summed E-state index contributed by atoms with van der Waals surface area (Å²) in [4.78, 5) is 0. The van der Waals surface area contributed by atoms with E-state index in [-0.39, 0.29) is 0 Å². The van der Waals surface area contributed by atoms with Gasteiger partial charge in [0.25, 0.3) is 0 Å². The van der Waals surface area contributed by atoms with Gasteiger partial charge in [-0.2, -0.15) is 0 Å². The van der Waals surface area contributed by atoms with Crippen molar-refractivity contribution in [3.63, 3.8) is 0 Å². The Morgan fingerprint density at radius 1 is 0.516 bits per heavy atom. The zero-order valence-corrected chi connectivity index (χ0v) is 19.9. The third kappa shape index (κ3) is 7.39.